The molecule has 1 saturated carbocycles. The van der Waals surface area contributed by atoms with Crippen LogP contribution in [-0.4, -0.2) is 40.7 Å². The van der Waals surface area contributed by atoms with E-state index in [9.17, 15) is 9.18 Å². The minimum atomic E-state index is -0.340. The van der Waals surface area contributed by atoms with E-state index in [4.69, 9.17) is 10.7 Å². The van der Waals surface area contributed by atoms with Gasteiger partial charge in [0.05, 0.1) is 16.9 Å². The molecule has 3 heterocycles. The van der Waals surface area contributed by atoms with E-state index < -0.39 is 0 Å². The second kappa shape index (κ2) is 8.54. The number of benzene rings is 1. The van der Waals surface area contributed by atoms with E-state index in [0.717, 1.165) is 39.0 Å². The number of hydrogen-bond acceptors (Lipinski definition) is 7. The van der Waals surface area contributed by atoms with Crippen LogP contribution in [0.5, 0.6) is 0 Å². The molecule has 1 saturated heterocycles. The van der Waals surface area contributed by atoms with E-state index in [0.29, 0.717) is 34.3 Å². The second-order valence-electron chi connectivity index (χ2n) is 9.83. The number of halogens is 1. The Balaban J connectivity index is 1.53. The molecule has 0 bridgehead atoms. The smallest absolute Gasteiger partial charge is 0.275 e. The van der Waals surface area contributed by atoms with Gasteiger partial charge in [0.2, 0.25) is 5.95 Å². The van der Waals surface area contributed by atoms with Gasteiger partial charge in [-0.1, -0.05) is 20.8 Å². The zero-order valence-corrected chi connectivity index (χ0v) is 19.9. The highest BCUT2D eigenvalue weighted by Gasteiger charge is 2.49. The van der Waals surface area contributed by atoms with Crippen molar-refractivity contribution >= 4 is 34.0 Å². The fourth-order valence-corrected chi connectivity index (χ4v) is 5.62. The quantitative estimate of drug-likeness (QED) is 0.531. The van der Waals surface area contributed by atoms with Gasteiger partial charge in [0.1, 0.15) is 11.5 Å². The molecular weight excluding hydrogens is 433 g/mol. The number of anilines is 4. The molecule has 1 aliphatic heterocycles. The van der Waals surface area contributed by atoms with E-state index in [1.807, 2.05) is 11.0 Å². The van der Waals surface area contributed by atoms with Crippen LogP contribution in [0.2, 0.25) is 0 Å². The Morgan fingerprint density at radius 2 is 2.03 bits per heavy atom. The van der Waals surface area contributed by atoms with Crippen LogP contribution >= 0.6 is 0 Å². The van der Waals surface area contributed by atoms with Gasteiger partial charge < -0.3 is 21.3 Å². The lowest BCUT2D eigenvalue weighted by Gasteiger charge is -2.52. The maximum absolute atomic E-state index is 14.9. The third kappa shape index (κ3) is 3.58. The maximum atomic E-state index is 14.9. The summed E-state index contributed by atoms with van der Waals surface area (Å²) in [5.74, 6) is 0.579. The van der Waals surface area contributed by atoms with Gasteiger partial charge in [-0.05, 0) is 48.9 Å². The predicted octanol–water partition coefficient (Wildman–Crippen LogP) is 3.45. The molecule has 3 aromatic rings. The summed E-state index contributed by atoms with van der Waals surface area (Å²) in [7, 11) is 0. The average molecular weight is 466 g/mol. The van der Waals surface area contributed by atoms with Gasteiger partial charge in [-0.3, -0.25) is 9.36 Å². The summed E-state index contributed by atoms with van der Waals surface area (Å²) in [6.45, 7) is 9.68. The number of hydrogen-bond donors (Lipinski definition) is 3. The molecule has 0 amide bonds. The summed E-state index contributed by atoms with van der Waals surface area (Å²) in [6, 6.07) is 6.71. The first-order valence-electron chi connectivity index (χ1n) is 12.0. The van der Waals surface area contributed by atoms with Crippen molar-refractivity contribution in [1.82, 2.24) is 19.9 Å². The molecule has 180 valence electrons. The summed E-state index contributed by atoms with van der Waals surface area (Å²) in [4.78, 5) is 24.4. The van der Waals surface area contributed by atoms with E-state index >= 15 is 0 Å². The van der Waals surface area contributed by atoms with E-state index in [1.54, 1.807) is 22.9 Å². The summed E-state index contributed by atoms with van der Waals surface area (Å²) < 4.78 is 16.7. The number of nitrogens with one attached hydrogen (secondary N) is 2. The average Bonchev–Trinajstić information content (AvgIpc) is 2.81. The number of rotatable bonds is 5. The Morgan fingerprint density at radius 1 is 1.26 bits per heavy atom. The van der Waals surface area contributed by atoms with Gasteiger partial charge in [-0.2, -0.15) is 4.98 Å². The van der Waals surface area contributed by atoms with Crippen molar-refractivity contribution in [1.29, 1.82) is 0 Å². The molecule has 1 aliphatic carbocycles. The van der Waals surface area contributed by atoms with Crippen LogP contribution < -0.4 is 26.8 Å². The Morgan fingerprint density at radius 3 is 2.65 bits per heavy atom. The highest BCUT2D eigenvalue weighted by Crippen LogP contribution is 2.50. The molecule has 1 aromatic carbocycles. The lowest BCUT2D eigenvalue weighted by Crippen LogP contribution is -2.56. The third-order valence-electron chi connectivity index (χ3n) is 7.68. The number of fused-ring (bicyclic) bond motifs is 1. The van der Waals surface area contributed by atoms with Crippen molar-refractivity contribution in [3.8, 4) is 0 Å². The first-order chi connectivity index (χ1) is 16.3. The van der Waals surface area contributed by atoms with E-state index in [-0.39, 0.29) is 28.5 Å². The van der Waals surface area contributed by atoms with Crippen molar-refractivity contribution in [2.45, 2.75) is 39.2 Å². The molecule has 1 unspecified atom stereocenters. The number of nitrogens with two attached hydrogens (primary N) is 1. The second-order valence-corrected chi connectivity index (χ2v) is 9.83. The fraction of sp³-hybridized carbons (Fsp3) is 0.480. The van der Waals surface area contributed by atoms with Crippen LogP contribution in [0, 0.1) is 17.7 Å². The van der Waals surface area contributed by atoms with Crippen LogP contribution in [-0.2, 0) is 5.54 Å². The van der Waals surface area contributed by atoms with Crippen molar-refractivity contribution < 1.29 is 4.39 Å². The van der Waals surface area contributed by atoms with Crippen LogP contribution in [0.15, 0.2) is 35.3 Å². The maximum Gasteiger partial charge on any atom is 0.275 e. The lowest BCUT2D eigenvalue weighted by molar-refractivity contribution is 0.00783. The molecular formula is C25H32FN7O. The summed E-state index contributed by atoms with van der Waals surface area (Å²) in [5.41, 5.74) is 7.44. The van der Waals surface area contributed by atoms with Crippen LogP contribution in [0.1, 0.15) is 33.6 Å². The van der Waals surface area contributed by atoms with E-state index in [1.165, 1.54) is 6.07 Å². The molecule has 34 heavy (non-hydrogen) atoms. The predicted molar refractivity (Wildman–Crippen MR) is 134 cm³/mol. The standard InChI is InChI=1S/C25H32FN7O/c1-15(2)25(7-6-16(25)3)33-22-17(12-20(27)23(33)34)14-29-24(31-22)30-18-4-5-21(19(26)13-18)32-10-8-28-9-11-32/h4-5,12-16,28H,6-11,27H2,1-3H3,(H,29,30,31)/t16-,25?/m1/s1. The Kier molecular flexibility index (Phi) is 5.67. The number of piperazine rings is 1. The Hall–Kier alpha value is -3.20. The molecule has 2 aromatic heterocycles. The van der Waals surface area contributed by atoms with Crippen molar-refractivity contribution in [2.24, 2.45) is 11.8 Å². The molecule has 5 rings (SSSR count). The van der Waals surface area contributed by atoms with Gasteiger partial charge in [0, 0.05) is 43.4 Å². The fourth-order valence-electron chi connectivity index (χ4n) is 5.62. The topological polar surface area (TPSA) is 101 Å². The zero-order valence-electron chi connectivity index (χ0n) is 19.9. The first kappa shape index (κ1) is 22.6. The molecule has 0 spiro atoms. The van der Waals surface area contributed by atoms with Crippen molar-refractivity contribution in [3.63, 3.8) is 0 Å². The largest absolute Gasteiger partial charge is 0.394 e. The van der Waals surface area contributed by atoms with Gasteiger partial charge in [-0.15, -0.1) is 0 Å². The molecule has 9 heteroatoms. The van der Waals surface area contributed by atoms with Crippen molar-refractivity contribution in [2.75, 3.05) is 42.1 Å². The zero-order chi connectivity index (χ0) is 24.0. The minimum Gasteiger partial charge on any atom is -0.394 e. The number of aromatic nitrogens is 3. The first-order valence-corrected chi connectivity index (χ1v) is 12.0. The molecule has 2 aliphatic rings. The van der Waals surface area contributed by atoms with Gasteiger partial charge in [0.25, 0.3) is 5.56 Å². The molecule has 0 radical (unpaired) electrons. The highest BCUT2D eigenvalue weighted by molar-refractivity contribution is 5.79. The monoisotopic (exact) mass is 465 g/mol. The SMILES string of the molecule is CC(C)C1(n2c(=O)c(N)cc3cnc(Nc4ccc(N5CCNCC5)c(F)c4)nc32)CC[C@H]1C. The van der Waals surface area contributed by atoms with Crippen LogP contribution in [0.3, 0.4) is 0 Å². The minimum absolute atomic E-state index is 0.196. The van der Waals surface area contributed by atoms with E-state index in [2.05, 4.69) is 36.4 Å². The molecule has 8 nitrogen and oxygen atoms in total. The number of nitrogen functional groups attached to an aromatic ring is 1. The highest BCUT2D eigenvalue weighted by atomic mass is 19.1. The lowest BCUT2D eigenvalue weighted by atomic mass is 9.61. The Labute approximate surface area is 198 Å². The summed E-state index contributed by atoms with van der Waals surface area (Å²) in [6.07, 6.45) is 3.62. The molecule has 2 fully saturated rings. The van der Waals surface area contributed by atoms with Gasteiger partial charge >= 0.3 is 0 Å². The number of nitrogens with zero attached hydrogens (tertiary/aromatic N) is 4. The van der Waals surface area contributed by atoms with Crippen LogP contribution in [0.4, 0.5) is 27.4 Å². The normalized spacial score (nSPS) is 22.7. The molecule has 4 N–H and O–H groups in total. The van der Waals surface area contributed by atoms with Gasteiger partial charge in [-0.25, -0.2) is 9.37 Å². The Bertz CT molecular complexity index is 1280. The molecule has 2 atom stereocenters. The summed E-state index contributed by atoms with van der Waals surface area (Å²) >= 11 is 0. The van der Waals surface area contributed by atoms with Crippen LogP contribution in [0.25, 0.3) is 11.0 Å². The van der Waals surface area contributed by atoms with Gasteiger partial charge in [0.15, 0.2) is 0 Å². The van der Waals surface area contributed by atoms with Crippen molar-refractivity contribution in [3.05, 3.63) is 46.6 Å². The summed E-state index contributed by atoms with van der Waals surface area (Å²) in [5, 5.41) is 7.10. The third-order valence-corrected chi connectivity index (χ3v) is 7.68. The number of pyridine rings is 1.